The van der Waals surface area contributed by atoms with Crippen LogP contribution in [0.2, 0.25) is 0 Å². The van der Waals surface area contributed by atoms with E-state index >= 15 is 0 Å². The highest BCUT2D eigenvalue weighted by Gasteiger charge is 2.35. The van der Waals surface area contributed by atoms with Gasteiger partial charge in [0.25, 0.3) is 17.0 Å². The Kier molecular flexibility index (Phi) is 5.51. The van der Waals surface area contributed by atoms with Crippen LogP contribution in [0.3, 0.4) is 0 Å². The summed E-state index contributed by atoms with van der Waals surface area (Å²) in [6.45, 7) is -0.0815. The average Bonchev–Trinajstić information content (AvgIpc) is 2.75. The first kappa shape index (κ1) is 19.4. The number of nitrogens with zero attached hydrogens (tertiary/aromatic N) is 2. The number of benzene rings is 1. The third-order valence-corrected chi connectivity index (χ3v) is 6.09. The molecule has 1 saturated carbocycles. The molecule has 8 nitrogen and oxygen atoms in total. The van der Waals surface area contributed by atoms with Gasteiger partial charge in [-0.25, -0.2) is 4.68 Å². The molecular formula is C21H25N3O5. The maximum Gasteiger partial charge on any atom is 0.328 e. The van der Waals surface area contributed by atoms with E-state index in [9.17, 15) is 19.2 Å². The summed E-state index contributed by atoms with van der Waals surface area (Å²) >= 11 is 0. The van der Waals surface area contributed by atoms with Crippen molar-refractivity contribution in [1.29, 1.82) is 0 Å². The van der Waals surface area contributed by atoms with E-state index in [0.29, 0.717) is 12.5 Å². The Balaban J connectivity index is 1.40. The Hall–Kier alpha value is -2.90. The monoisotopic (exact) mass is 399 g/mol. The smallest absolute Gasteiger partial charge is 0.328 e. The summed E-state index contributed by atoms with van der Waals surface area (Å²) in [6, 6.07) is 6.66. The third-order valence-electron chi connectivity index (χ3n) is 6.09. The van der Waals surface area contributed by atoms with Gasteiger partial charge in [0.05, 0.1) is 10.8 Å². The predicted molar refractivity (Wildman–Crippen MR) is 106 cm³/mol. The number of amides is 1. The van der Waals surface area contributed by atoms with E-state index in [1.165, 1.54) is 12.5 Å². The molecule has 0 unspecified atom stereocenters. The van der Waals surface area contributed by atoms with Gasteiger partial charge in [-0.3, -0.25) is 24.3 Å². The first-order valence-corrected chi connectivity index (χ1v) is 10.2. The molecule has 29 heavy (non-hydrogen) atoms. The number of nitrogens with one attached hydrogen (secondary N) is 1. The van der Waals surface area contributed by atoms with Gasteiger partial charge in [0.2, 0.25) is 0 Å². The molecule has 154 valence electrons. The molecule has 1 N–H and O–H groups in total. The summed E-state index contributed by atoms with van der Waals surface area (Å²) in [5, 5.41) is 2.89. The number of hydrogen-bond acceptors (Lipinski definition) is 5. The van der Waals surface area contributed by atoms with Crippen LogP contribution >= 0.6 is 0 Å². The van der Waals surface area contributed by atoms with Crippen LogP contribution in [0.25, 0.3) is 10.8 Å². The lowest BCUT2D eigenvalue weighted by atomic mass is 9.78. The van der Waals surface area contributed by atoms with Crippen molar-refractivity contribution < 1.29 is 14.3 Å². The number of likely N-dealkylation sites (tertiary alicyclic amines) is 1. The number of carbonyl (C=O) groups excluding carboxylic acids is 2. The van der Waals surface area contributed by atoms with Crippen LogP contribution in [-0.4, -0.2) is 45.8 Å². The number of aromatic amines is 1. The Morgan fingerprint density at radius 1 is 1.03 bits per heavy atom. The van der Waals surface area contributed by atoms with E-state index in [1.807, 2.05) is 4.90 Å². The maximum absolute atomic E-state index is 12.6. The number of piperidine rings is 1. The molecule has 2 atom stereocenters. The molecule has 2 aromatic rings. The summed E-state index contributed by atoms with van der Waals surface area (Å²) in [5.74, 6) is -0.365. The van der Waals surface area contributed by atoms with Gasteiger partial charge >= 0.3 is 5.97 Å². The molecule has 1 amide bonds. The van der Waals surface area contributed by atoms with Crippen LogP contribution < -0.4 is 11.1 Å². The Morgan fingerprint density at radius 3 is 2.59 bits per heavy atom. The second-order valence-corrected chi connectivity index (χ2v) is 7.88. The number of H-pyrrole nitrogens is 1. The summed E-state index contributed by atoms with van der Waals surface area (Å²) in [7, 11) is 0. The van der Waals surface area contributed by atoms with Crippen LogP contribution in [0.15, 0.2) is 33.9 Å². The number of fused-ring (bicyclic) bond motifs is 2. The van der Waals surface area contributed by atoms with Gasteiger partial charge in [0, 0.05) is 12.6 Å². The zero-order chi connectivity index (χ0) is 20.4. The predicted octanol–water partition coefficient (Wildman–Crippen LogP) is 1.41. The minimum Gasteiger partial charge on any atom is -0.454 e. The standard InChI is InChI=1S/C21H25N3O5/c25-18(23-11-5-7-14-6-1-4-10-17(14)23)13-29-19(26)12-24-21(28)16-9-3-2-8-15(16)20(27)22-24/h2-3,8-9,14,17H,1,4-7,10-13H2,(H,22,27)/t14-,17-/m0/s1. The molecule has 2 fully saturated rings. The van der Waals surface area contributed by atoms with Crippen LogP contribution in [0.5, 0.6) is 0 Å². The molecule has 1 aromatic heterocycles. The van der Waals surface area contributed by atoms with E-state index in [0.717, 1.165) is 36.8 Å². The van der Waals surface area contributed by atoms with Crippen molar-refractivity contribution in [2.75, 3.05) is 13.2 Å². The molecule has 8 heteroatoms. The summed E-state index contributed by atoms with van der Waals surface area (Å²) in [6.07, 6.45) is 6.66. The topological polar surface area (TPSA) is 101 Å². The maximum atomic E-state index is 12.6. The normalized spacial score (nSPS) is 21.6. The number of carbonyl (C=O) groups is 2. The summed E-state index contributed by atoms with van der Waals surface area (Å²) in [5.41, 5.74) is -0.940. The Labute approximate surface area is 167 Å². The number of rotatable bonds is 4. The molecule has 2 heterocycles. The van der Waals surface area contributed by atoms with Gasteiger partial charge in [0.15, 0.2) is 6.61 Å². The molecule has 1 aliphatic carbocycles. The molecule has 1 aliphatic heterocycles. The lowest BCUT2D eigenvalue weighted by Gasteiger charge is -2.44. The fourth-order valence-electron chi connectivity index (χ4n) is 4.69. The largest absolute Gasteiger partial charge is 0.454 e. The average molecular weight is 399 g/mol. The first-order valence-electron chi connectivity index (χ1n) is 10.2. The molecule has 0 spiro atoms. The molecule has 0 bridgehead atoms. The molecule has 1 aromatic carbocycles. The van der Waals surface area contributed by atoms with E-state index < -0.39 is 23.6 Å². The van der Waals surface area contributed by atoms with Crippen molar-refractivity contribution in [3.05, 3.63) is 45.0 Å². The summed E-state index contributed by atoms with van der Waals surface area (Å²) < 4.78 is 6.06. The van der Waals surface area contributed by atoms with Gasteiger partial charge < -0.3 is 9.64 Å². The van der Waals surface area contributed by atoms with Gasteiger partial charge in [-0.1, -0.05) is 25.0 Å². The van der Waals surface area contributed by atoms with E-state index in [1.54, 1.807) is 18.2 Å². The molecule has 0 radical (unpaired) electrons. The van der Waals surface area contributed by atoms with Crippen LogP contribution in [-0.2, 0) is 20.9 Å². The minimum atomic E-state index is -0.733. The highest BCUT2D eigenvalue weighted by Crippen LogP contribution is 2.35. The van der Waals surface area contributed by atoms with Crippen LogP contribution in [0, 0.1) is 5.92 Å². The Morgan fingerprint density at radius 2 is 1.76 bits per heavy atom. The SMILES string of the molecule is O=C(Cn1[nH]c(=O)c2ccccc2c1=O)OCC(=O)N1CCC[C@@H]2CCCC[C@@H]21. The van der Waals surface area contributed by atoms with E-state index in [-0.39, 0.29) is 29.3 Å². The molecule has 1 saturated heterocycles. The Bertz CT molecular complexity index is 1040. The lowest BCUT2D eigenvalue weighted by molar-refractivity contribution is -0.155. The number of hydrogen-bond donors (Lipinski definition) is 1. The molecular weight excluding hydrogens is 374 g/mol. The van der Waals surface area contributed by atoms with Crippen molar-refractivity contribution in [2.24, 2.45) is 5.92 Å². The van der Waals surface area contributed by atoms with Gasteiger partial charge in [0.1, 0.15) is 6.54 Å². The second kappa shape index (κ2) is 8.23. The highest BCUT2D eigenvalue weighted by molar-refractivity contribution is 5.82. The van der Waals surface area contributed by atoms with Crippen molar-refractivity contribution in [2.45, 2.75) is 51.1 Å². The van der Waals surface area contributed by atoms with Gasteiger partial charge in [-0.2, -0.15) is 0 Å². The lowest BCUT2D eigenvalue weighted by Crippen LogP contribution is -2.51. The van der Waals surface area contributed by atoms with E-state index in [2.05, 4.69) is 5.10 Å². The van der Waals surface area contributed by atoms with Crippen molar-refractivity contribution in [1.82, 2.24) is 14.7 Å². The van der Waals surface area contributed by atoms with Crippen molar-refractivity contribution >= 4 is 22.6 Å². The molecule has 2 aliphatic rings. The number of ether oxygens (including phenoxy) is 1. The minimum absolute atomic E-state index is 0.186. The highest BCUT2D eigenvalue weighted by atomic mass is 16.5. The first-order chi connectivity index (χ1) is 14.0. The number of aromatic nitrogens is 2. The zero-order valence-electron chi connectivity index (χ0n) is 16.3. The van der Waals surface area contributed by atoms with E-state index in [4.69, 9.17) is 4.74 Å². The van der Waals surface area contributed by atoms with Crippen LogP contribution in [0.1, 0.15) is 38.5 Å². The molecule has 4 rings (SSSR count). The van der Waals surface area contributed by atoms with Crippen molar-refractivity contribution in [3.63, 3.8) is 0 Å². The third kappa shape index (κ3) is 3.97. The van der Waals surface area contributed by atoms with Gasteiger partial charge in [-0.15, -0.1) is 0 Å². The van der Waals surface area contributed by atoms with Gasteiger partial charge in [-0.05, 0) is 43.7 Å². The second-order valence-electron chi connectivity index (χ2n) is 7.88. The number of esters is 1. The fourth-order valence-corrected chi connectivity index (χ4v) is 4.69. The zero-order valence-corrected chi connectivity index (χ0v) is 16.3. The quantitative estimate of drug-likeness (QED) is 0.784. The summed E-state index contributed by atoms with van der Waals surface area (Å²) in [4.78, 5) is 51.3. The van der Waals surface area contributed by atoms with Crippen LogP contribution in [0.4, 0.5) is 0 Å². The fraction of sp³-hybridized carbons (Fsp3) is 0.524. The van der Waals surface area contributed by atoms with Crippen molar-refractivity contribution in [3.8, 4) is 0 Å².